The fourth-order valence-corrected chi connectivity index (χ4v) is 2.26. The molecule has 104 valence electrons. The second kappa shape index (κ2) is 5.63. The SMILES string of the molecule is O=C(Nc1cc(Cl)ncn1)c1cc(Cl)nc2ccccc12. The summed E-state index contributed by atoms with van der Waals surface area (Å²) in [6.45, 7) is 0. The monoisotopic (exact) mass is 318 g/mol. The first-order valence-electron chi connectivity index (χ1n) is 5.97. The van der Waals surface area contributed by atoms with Gasteiger partial charge in [-0.3, -0.25) is 4.79 Å². The van der Waals surface area contributed by atoms with E-state index in [0.717, 1.165) is 0 Å². The fraction of sp³-hybridized carbons (Fsp3) is 0. The summed E-state index contributed by atoms with van der Waals surface area (Å²) in [5.41, 5.74) is 1.07. The van der Waals surface area contributed by atoms with Crippen LogP contribution in [0.4, 0.5) is 5.82 Å². The van der Waals surface area contributed by atoms with E-state index in [1.165, 1.54) is 18.5 Å². The van der Waals surface area contributed by atoms with E-state index in [0.29, 0.717) is 22.3 Å². The molecule has 1 amide bonds. The third kappa shape index (κ3) is 2.94. The summed E-state index contributed by atoms with van der Waals surface area (Å²) in [5, 5.41) is 3.86. The van der Waals surface area contributed by atoms with Gasteiger partial charge in [-0.25, -0.2) is 15.0 Å². The summed E-state index contributed by atoms with van der Waals surface area (Å²) >= 11 is 11.7. The minimum absolute atomic E-state index is 0.248. The minimum atomic E-state index is -0.342. The number of nitrogens with zero attached hydrogens (tertiary/aromatic N) is 3. The van der Waals surface area contributed by atoms with Gasteiger partial charge in [0, 0.05) is 11.5 Å². The van der Waals surface area contributed by atoms with Crippen molar-refractivity contribution in [2.24, 2.45) is 0 Å². The summed E-state index contributed by atoms with van der Waals surface area (Å²) < 4.78 is 0. The van der Waals surface area contributed by atoms with Crippen LogP contribution in [0, 0.1) is 0 Å². The van der Waals surface area contributed by atoms with Gasteiger partial charge in [0.05, 0.1) is 11.1 Å². The lowest BCUT2D eigenvalue weighted by atomic mass is 10.1. The van der Waals surface area contributed by atoms with Crippen LogP contribution >= 0.6 is 23.2 Å². The Labute approximate surface area is 130 Å². The molecule has 0 spiro atoms. The molecular formula is C14H8Cl2N4O. The van der Waals surface area contributed by atoms with Crippen molar-refractivity contribution in [3.05, 3.63) is 58.6 Å². The molecule has 0 aliphatic rings. The first-order chi connectivity index (χ1) is 10.1. The van der Waals surface area contributed by atoms with Crippen LogP contribution in [0.5, 0.6) is 0 Å². The number of para-hydroxylation sites is 1. The molecule has 0 saturated carbocycles. The molecular weight excluding hydrogens is 311 g/mol. The largest absolute Gasteiger partial charge is 0.306 e. The number of amides is 1. The van der Waals surface area contributed by atoms with Crippen molar-refractivity contribution in [3.8, 4) is 0 Å². The van der Waals surface area contributed by atoms with Crippen LogP contribution in [-0.2, 0) is 0 Å². The van der Waals surface area contributed by atoms with Gasteiger partial charge in [-0.05, 0) is 12.1 Å². The van der Waals surface area contributed by atoms with E-state index in [9.17, 15) is 4.79 Å². The number of hydrogen-bond acceptors (Lipinski definition) is 4. The van der Waals surface area contributed by atoms with Gasteiger partial charge in [0.2, 0.25) is 0 Å². The van der Waals surface area contributed by atoms with Crippen molar-refractivity contribution in [2.45, 2.75) is 0 Å². The molecule has 7 heteroatoms. The zero-order chi connectivity index (χ0) is 14.8. The number of benzene rings is 1. The van der Waals surface area contributed by atoms with Crippen LogP contribution in [0.2, 0.25) is 10.3 Å². The zero-order valence-corrected chi connectivity index (χ0v) is 12.1. The summed E-state index contributed by atoms with van der Waals surface area (Å²) in [4.78, 5) is 24.3. The number of rotatable bonds is 2. The Morgan fingerprint density at radius 1 is 1.05 bits per heavy atom. The van der Waals surface area contributed by atoms with Crippen LogP contribution < -0.4 is 5.32 Å². The van der Waals surface area contributed by atoms with Crippen LogP contribution in [-0.4, -0.2) is 20.9 Å². The van der Waals surface area contributed by atoms with Crippen molar-refractivity contribution >= 4 is 45.8 Å². The topological polar surface area (TPSA) is 67.8 Å². The molecule has 0 fully saturated rings. The van der Waals surface area contributed by atoms with Gasteiger partial charge >= 0.3 is 0 Å². The molecule has 0 aliphatic heterocycles. The molecule has 1 N–H and O–H groups in total. The van der Waals surface area contributed by atoms with Crippen molar-refractivity contribution in [1.29, 1.82) is 0 Å². The van der Waals surface area contributed by atoms with Gasteiger partial charge in [-0.1, -0.05) is 41.4 Å². The van der Waals surface area contributed by atoms with Gasteiger partial charge in [0.25, 0.3) is 5.91 Å². The minimum Gasteiger partial charge on any atom is -0.306 e. The normalized spacial score (nSPS) is 10.6. The second-order valence-corrected chi connectivity index (χ2v) is 4.96. The quantitative estimate of drug-likeness (QED) is 0.579. The highest BCUT2D eigenvalue weighted by Crippen LogP contribution is 2.22. The Balaban J connectivity index is 2.02. The Kier molecular flexibility index (Phi) is 3.68. The first-order valence-corrected chi connectivity index (χ1v) is 6.73. The Morgan fingerprint density at radius 2 is 1.86 bits per heavy atom. The van der Waals surface area contributed by atoms with Crippen LogP contribution in [0.1, 0.15) is 10.4 Å². The Morgan fingerprint density at radius 3 is 2.67 bits per heavy atom. The van der Waals surface area contributed by atoms with Gasteiger partial charge in [-0.2, -0.15) is 0 Å². The van der Waals surface area contributed by atoms with Gasteiger partial charge < -0.3 is 5.32 Å². The maximum atomic E-state index is 12.4. The Hall–Kier alpha value is -2.24. The van der Waals surface area contributed by atoms with E-state index < -0.39 is 0 Å². The molecule has 1 aromatic carbocycles. The summed E-state index contributed by atoms with van der Waals surface area (Å²) in [6.07, 6.45) is 1.27. The maximum Gasteiger partial charge on any atom is 0.257 e. The summed E-state index contributed by atoms with van der Waals surface area (Å²) in [7, 11) is 0. The lowest BCUT2D eigenvalue weighted by molar-refractivity contribution is 0.102. The van der Waals surface area contributed by atoms with E-state index in [4.69, 9.17) is 23.2 Å². The number of anilines is 1. The Bertz CT molecular complexity index is 838. The number of halogens is 2. The second-order valence-electron chi connectivity index (χ2n) is 4.19. The van der Waals surface area contributed by atoms with Crippen molar-refractivity contribution in [3.63, 3.8) is 0 Å². The predicted molar refractivity (Wildman–Crippen MR) is 81.7 cm³/mol. The lowest BCUT2D eigenvalue weighted by Gasteiger charge is -2.08. The highest BCUT2D eigenvalue weighted by molar-refractivity contribution is 6.31. The highest BCUT2D eigenvalue weighted by atomic mass is 35.5. The van der Waals surface area contributed by atoms with E-state index in [2.05, 4.69) is 20.3 Å². The van der Waals surface area contributed by atoms with Crippen LogP contribution in [0.3, 0.4) is 0 Å². The number of aromatic nitrogens is 3. The van der Waals surface area contributed by atoms with Gasteiger partial charge in [0.15, 0.2) is 0 Å². The molecule has 2 aromatic heterocycles. The molecule has 5 nitrogen and oxygen atoms in total. The maximum absolute atomic E-state index is 12.4. The molecule has 3 rings (SSSR count). The van der Waals surface area contributed by atoms with Gasteiger partial charge in [0.1, 0.15) is 22.5 Å². The number of carbonyl (C=O) groups is 1. The number of hydrogen-bond donors (Lipinski definition) is 1. The van der Waals surface area contributed by atoms with Crippen molar-refractivity contribution in [2.75, 3.05) is 5.32 Å². The molecule has 3 aromatic rings. The van der Waals surface area contributed by atoms with E-state index in [1.54, 1.807) is 12.1 Å². The van der Waals surface area contributed by atoms with E-state index >= 15 is 0 Å². The number of nitrogens with one attached hydrogen (secondary N) is 1. The number of fused-ring (bicyclic) bond motifs is 1. The standard InChI is InChI=1S/C14H8Cl2N4O/c15-11-6-13(18-7-17-11)20-14(21)9-5-12(16)19-10-4-2-1-3-8(9)10/h1-7H,(H,17,18,20,21). The molecule has 0 bridgehead atoms. The molecule has 0 saturated heterocycles. The summed E-state index contributed by atoms with van der Waals surface area (Å²) in [5.74, 6) is -0.0257. The molecule has 0 aliphatic carbocycles. The van der Waals surface area contributed by atoms with Gasteiger partial charge in [-0.15, -0.1) is 0 Å². The lowest BCUT2D eigenvalue weighted by Crippen LogP contribution is -2.14. The molecule has 2 heterocycles. The van der Waals surface area contributed by atoms with E-state index in [-0.39, 0.29) is 16.2 Å². The predicted octanol–water partition coefficient (Wildman–Crippen LogP) is 3.58. The first kappa shape index (κ1) is 13.7. The van der Waals surface area contributed by atoms with Crippen LogP contribution in [0.25, 0.3) is 10.9 Å². The third-order valence-electron chi connectivity index (χ3n) is 2.80. The third-order valence-corrected chi connectivity index (χ3v) is 3.21. The fourth-order valence-electron chi connectivity index (χ4n) is 1.92. The van der Waals surface area contributed by atoms with E-state index in [1.807, 2.05) is 12.1 Å². The van der Waals surface area contributed by atoms with Crippen molar-refractivity contribution < 1.29 is 4.79 Å². The summed E-state index contributed by atoms with van der Waals surface area (Å²) in [6, 6.07) is 10.2. The smallest absolute Gasteiger partial charge is 0.257 e. The van der Waals surface area contributed by atoms with Crippen molar-refractivity contribution in [1.82, 2.24) is 15.0 Å². The highest BCUT2D eigenvalue weighted by Gasteiger charge is 2.13. The molecule has 0 atom stereocenters. The van der Waals surface area contributed by atoms with Crippen LogP contribution in [0.15, 0.2) is 42.7 Å². The molecule has 21 heavy (non-hydrogen) atoms. The number of pyridine rings is 1. The number of carbonyl (C=O) groups excluding carboxylic acids is 1. The average molecular weight is 319 g/mol. The zero-order valence-electron chi connectivity index (χ0n) is 10.5. The molecule has 0 radical (unpaired) electrons. The molecule has 0 unspecified atom stereocenters. The average Bonchev–Trinajstić information content (AvgIpc) is 2.46.